The zero-order valence-corrected chi connectivity index (χ0v) is 23.1. The van der Waals surface area contributed by atoms with Crippen molar-refractivity contribution in [2.24, 2.45) is 11.0 Å². The lowest BCUT2D eigenvalue weighted by molar-refractivity contribution is -0.280. The first-order valence-electron chi connectivity index (χ1n) is 14.3. The summed E-state index contributed by atoms with van der Waals surface area (Å²) in [6.45, 7) is 5.30. The number of ether oxygens (including phenoxy) is 4. The molecule has 1 rings (SSSR count). The number of aliphatic hydroxyl groups is 2. The van der Waals surface area contributed by atoms with E-state index in [0.717, 1.165) is 6.42 Å². The van der Waals surface area contributed by atoms with Crippen LogP contribution in [0.5, 0.6) is 0 Å². The molecule has 1 saturated heterocycles. The van der Waals surface area contributed by atoms with Crippen LogP contribution >= 0.6 is 0 Å². The van der Waals surface area contributed by atoms with Gasteiger partial charge < -0.3 is 29.2 Å². The minimum Gasteiger partial charge on any atom is -0.390 e. The van der Waals surface area contributed by atoms with Crippen LogP contribution in [-0.4, -0.2) is 74.4 Å². The summed E-state index contributed by atoms with van der Waals surface area (Å²) < 4.78 is 22.8. The Morgan fingerprint density at radius 1 is 0.861 bits per heavy atom. The molecule has 9 heteroatoms. The molecule has 1 heterocycles. The average molecular weight is 516 g/mol. The summed E-state index contributed by atoms with van der Waals surface area (Å²) in [6.07, 6.45) is 14.7. The van der Waals surface area contributed by atoms with Gasteiger partial charge in [-0.1, -0.05) is 102 Å². The second-order valence-corrected chi connectivity index (χ2v) is 10.2. The van der Waals surface area contributed by atoms with E-state index >= 15 is 0 Å². The molecule has 212 valence electrons. The van der Waals surface area contributed by atoms with E-state index in [1.165, 1.54) is 83.5 Å². The lowest BCUT2D eigenvalue weighted by atomic mass is 9.92. The number of azide groups is 1. The van der Waals surface area contributed by atoms with Crippen LogP contribution in [0.1, 0.15) is 104 Å². The first kappa shape index (κ1) is 33.1. The molecule has 0 aromatic heterocycles. The highest BCUT2D eigenvalue weighted by Crippen LogP contribution is 2.27. The summed E-state index contributed by atoms with van der Waals surface area (Å²) in [5.41, 5.74) is 8.51. The minimum atomic E-state index is -1.13. The summed E-state index contributed by atoms with van der Waals surface area (Å²) in [5.74, 6) is -0.434. The van der Waals surface area contributed by atoms with Crippen LogP contribution in [0.2, 0.25) is 0 Å². The fourth-order valence-corrected chi connectivity index (χ4v) is 4.53. The summed E-state index contributed by atoms with van der Waals surface area (Å²) in [7, 11) is 1.61. The van der Waals surface area contributed by atoms with Crippen molar-refractivity contribution in [3.8, 4) is 0 Å². The lowest BCUT2D eigenvalue weighted by Crippen LogP contribution is -2.55. The van der Waals surface area contributed by atoms with Gasteiger partial charge in [-0.25, -0.2) is 0 Å². The lowest BCUT2D eigenvalue weighted by Gasteiger charge is -2.41. The third kappa shape index (κ3) is 14.7. The van der Waals surface area contributed by atoms with Gasteiger partial charge in [0.05, 0.1) is 32.0 Å². The van der Waals surface area contributed by atoms with Crippen molar-refractivity contribution in [1.29, 1.82) is 0 Å². The summed E-state index contributed by atoms with van der Waals surface area (Å²) in [6, 6.07) is 0. The smallest absolute Gasteiger partial charge is 0.163 e. The normalized spacial score (nSPS) is 25.0. The summed E-state index contributed by atoms with van der Waals surface area (Å²) in [4.78, 5) is 2.69. The van der Waals surface area contributed by atoms with E-state index < -0.39 is 30.5 Å². The number of rotatable bonds is 23. The average Bonchev–Trinajstić information content (AvgIpc) is 2.89. The molecule has 0 spiro atoms. The quantitative estimate of drug-likeness (QED) is 0.0754. The van der Waals surface area contributed by atoms with Gasteiger partial charge in [0.25, 0.3) is 0 Å². The van der Waals surface area contributed by atoms with E-state index in [4.69, 9.17) is 24.5 Å². The Kier molecular flexibility index (Phi) is 20.3. The van der Waals surface area contributed by atoms with Crippen molar-refractivity contribution in [2.75, 3.05) is 33.5 Å². The highest BCUT2D eigenvalue weighted by molar-refractivity contribution is 4.88. The number of aliphatic hydroxyl groups excluding tert-OH is 2. The Morgan fingerprint density at radius 3 is 1.94 bits per heavy atom. The van der Waals surface area contributed by atoms with Gasteiger partial charge in [-0.15, -0.1) is 0 Å². The third-order valence-electron chi connectivity index (χ3n) is 7.06. The summed E-state index contributed by atoms with van der Waals surface area (Å²) >= 11 is 0. The van der Waals surface area contributed by atoms with Crippen molar-refractivity contribution in [3.63, 3.8) is 0 Å². The minimum absolute atomic E-state index is 0.0721. The predicted molar refractivity (Wildman–Crippen MR) is 142 cm³/mol. The number of hydrogen-bond donors (Lipinski definition) is 2. The molecule has 0 radical (unpaired) electrons. The van der Waals surface area contributed by atoms with E-state index in [-0.39, 0.29) is 19.3 Å². The maximum Gasteiger partial charge on any atom is 0.163 e. The maximum atomic E-state index is 10.3. The number of methoxy groups -OCH3 is 1. The molecule has 6 atom stereocenters. The second-order valence-electron chi connectivity index (χ2n) is 10.2. The van der Waals surface area contributed by atoms with Crippen molar-refractivity contribution >= 4 is 0 Å². The largest absolute Gasteiger partial charge is 0.390 e. The van der Waals surface area contributed by atoms with Gasteiger partial charge in [-0.3, -0.25) is 0 Å². The van der Waals surface area contributed by atoms with Crippen LogP contribution in [0.15, 0.2) is 5.11 Å². The SMILES string of the molecule is CCCCCCCCCCCCCCCCOC[C@H](CO[C@@H]1OC(CN=[N+]=[N-])[C@@H](O)[C@H](O)C1C)OC. The molecule has 36 heavy (non-hydrogen) atoms. The van der Waals surface area contributed by atoms with Crippen LogP contribution in [0, 0.1) is 5.92 Å². The third-order valence-corrected chi connectivity index (χ3v) is 7.06. The second kappa shape index (κ2) is 22.1. The topological polar surface area (TPSA) is 126 Å². The van der Waals surface area contributed by atoms with Gasteiger partial charge in [0.15, 0.2) is 6.29 Å². The molecule has 1 aliphatic rings. The Morgan fingerprint density at radius 2 is 1.42 bits per heavy atom. The molecule has 9 nitrogen and oxygen atoms in total. The molecular formula is C27H53N3O6. The first-order chi connectivity index (χ1) is 17.5. The maximum absolute atomic E-state index is 10.3. The van der Waals surface area contributed by atoms with Crippen LogP contribution in [0.25, 0.3) is 10.4 Å². The zero-order chi connectivity index (χ0) is 26.4. The Balaban J connectivity index is 2.04. The molecule has 0 aliphatic carbocycles. The molecular weight excluding hydrogens is 462 g/mol. The van der Waals surface area contributed by atoms with Gasteiger partial charge in [0.1, 0.15) is 12.2 Å². The molecule has 0 amide bonds. The Hall–Kier alpha value is -0.930. The molecule has 2 unspecified atom stereocenters. The highest BCUT2D eigenvalue weighted by Gasteiger charge is 2.42. The molecule has 2 N–H and O–H groups in total. The van der Waals surface area contributed by atoms with Gasteiger partial charge in [-0.2, -0.15) is 0 Å². The van der Waals surface area contributed by atoms with Crippen LogP contribution < -0.4 is 0 Å². The van der Waals surface area contributed by atoms with Crippen molar-refractivity contribution in [3.05, 3.63) is 10.4 Å². The molecule has 0 aromatic carbocycles. The molecule has 0 bridgehead atoms. The molecule has 0 saturated carbocycles. The van der Waals surface area contributed by atoms with Gasteiger partial charge in [0.2, 0.25) is 0 Å². The van der Waals surface area contributed by atoms with E-state index in [1.807, 2.05) is 0 Å². The van der Waals surface area contributed by atoms with Crippen molar-refractivity contribution in [2.45, 2.75) is 134 Å². The van der Waals surface area contributed by atoms with E-state index in [1.54, 1.807) is 14.0 Å². The monoisotopic (exact) mass is 515 g/mol. The van der Waals surface area contributed by atoms with E-state index in [9.17, 15) is 10.2 Å². The first-order valence-corrected chi connectivity index (χ1v) is 14.3. The van der Waals surface area contributed by atoms with Crippen molar-refractivity contribution < 1.29 is 29.2 Å². The van der Waals surface area contributed by atoms with E-state index in [2.05, 4.69) is 16.9 Å². The molecule has 1 fully saturated rings. The van der Waals surface area contributed by atoms with E-state index in [0.29, 0.717) is 13.2 Å². The van der Waals surface area contributed by atoms with Gasteiger partial charge >= 0.3 is 0 Å². The van der Waals surface area contributed by atoms with Crippen LogP contribution in [0.4, 0.5) is 0 Å². The predicted octanol–water partition coefficient (Wildman–Crippen LogP) is 5.91. The number of nitrogens with zero attached hydrogens (tertiary/aromatic N) is 3. The fourth-order valence-electron chi connectivity index (χ4n) is 4.53. The highest BCUT2D eigenvalue weighted by atomic mass is 16.7. The Labute approximate surface area is 218 Å². The molecule has 0 aromatic rings. The fraction of sp³-hybridized carbons (Fsp3) is 1.00. The van der Waals surface area contributed by atoms with Crippen LogP contribution in [-0.2, 0) is 18.9 Å². The van der Waals surface area contributed by atoms with Crippen molar-refractivity contribution in [1.82, 2.24) is 0 Å². The van der Waals surface area contributed by atoms with Crippen LogP contribution in [0.3, 0.4) is 0 Å². The number of hydrogen-bond acceptors (Lipinski definition) is 7. The standard InChI is InChI=1S/C27H53N3O6/c1-4-5-6-7-8-9-10-11-12-13-14-15-16-17-18-34-20-23(33-3)21-35-27-22(2)25(31)26(32)24(36-27)19-29-30-28/h22-27,31-32H,4-21H2,1-3H3/t22?,23-,24?,25-,26-,27-/m1/s1. The van der Waals surface area contributed by atoms with Gasteiger partial charge in [0, 0.05) is 24.5 Å². The number of unbranched alkanes of at least 4 members (excludes halogenated alkanes) is 13. The molecule has 1 aliphatic heterocycles. The Bertz CT molecular complexity index is 564. The summed E-state index contributed by atoms with van der Waals surface area (Å²) in [5, 5.41) is 23.8. The zero-order valence-electron chi connectivity index (χ0n) is 23.1. The van der Waals surface area contributed by atoms with Gasteiger partial charge in [-0.05, 0) is 12.0 Å².